The van der Waals surface area contributed by atoms with Gasteiger partial charge in [0.15, 0.2) is 6.61 Å². The molecule has 0 fully saturated rings. The number of nitrogens with two attached hydrogens (primary N) is 1. The van der Waals surface area contributed by atoms with Gasteiger partial charge in [0, 0.05) is 23.4 Å². The van der Waals surface area contributed by atoms with E-state index in [0.29, 0.717) is 26.7 Å². The van der Waals surface area contributed by atoms with Crippen LogP contribution in [0.4, 0.5) is 0 Å². The number of sulfonamides is 1. The number of rotatable bonds is 13. The van der Waals surface area contributed by atoms with Gasteiger partial charge >= 0.3 is 0 Å². The van der Waals surface area contributed by atoms with E-state index in [1.807, 2.05) is 0 Å². The number of carbonyl (C=O) groups excluding carboxylic acids is 2. The highest BCUT2D eigenvalue weighted by Gasteiger charge is 2.32. The summed E-state index contributed by atoms with van der Waals surface area (Å²) in [5.74, 6) is -0.307. The molecule has 0 bridgehead atoms. The number of primary amides is 1. The van der Waals surface area contributed by atoms with Crippen LogP contribution >= 0.6 is 0 Å². The zero-order chi connectivity index (χ0) is 32.2. The van der Waals surface area contributed by atoms with Crippen LogP contribution in [-0.2, 0) is 36.2 Å². The SMILES string of the molecule is COc1ccc2c(c1)nc(S(=O)(=O)NCc1ncc(C)c(OC)c1C)n2S(=O)(=O)c1ccc(OCC(=O)NCC(N)=O)cc1. The molecule has 0 atom stereocenters. The van der Waals surface area contributed by atoms with Crippen molar-refractivity contribution in [3.63, 3.8) is 0 Å². The first-order valence-electron chi connectivity index (χ1n) is 12.9. The van der Waals surface area contributed by atoms with Crippen molar-refractivity contribution in [1.82, 2.24) is 24.0 Å². The van der Waals surface area contributed by atoms with Gasteiger partial charge in [0.05, 0.1) is 48.9 Å². The summed E-state index contributed by atoms with van der Waals surface area (Å²) in [4.78, 5) is 30.8. The lowest BCUT2D eigenvalue weighted by molar-refractivity contribution is -0.126. The maximum absolute atomic E-state index is 13.9. The number of nitrogens with zero attached hydrogens (tertiary/aromatic N) is 3. The molecular formula is C27H30N6O9S2. The van der Waals surface area contributed by atoms with Gasteiger partial charge < -0.3 is 25.3 Å². The molecular weight excluding hydrogens is 616 g/mol. The smallest absolute Gasteiger partial charge is 0.275 e. The van der Waals surface area contributed by atoms with Gasteiger partial charge in [0.25, 0.3) is 31.1 Å². The standard InChI is InChI=1S/C27H30N6O9S2/c1-16-12-29-22(17(2)26(16)41-4)13-31-43(36,37)27-32-21-11-19(40-3)7-10-23(21)33(27)44(38,39)20-8-5-18(6-9-20)42-15-25(35)30-14-24(28)34/h5-12,31H,13-15H2,1-4H3,(H2,28,34)(H,30,35). The summed E-state index contributed by atoms with van der Waals surface area (Å²) in [7, 11) is -6.20. The second-order valence-electron chi connectivity index (χ2n) is 9.39. The van der Waals surface area contributed by atoms with Crippen LogP contribution in [0.2, 0.25) is 0 Å². The molecule has 2 heterocycles. The predicted molar refractivity (Wildman–Crippen MR) is 157 cm³/mol. The Morgan fingerprint density at radius 2 is 1.66 bits per heavy atom. The van der Waals surface area contributed by atoms with Crippen molar-refractivity contribution in [3.8, 4) is 17.2 Å². The van der Waals surface area contributed by atoms with Gasteiger partial charge in [0.1, 0.15) is 17.2 Å². The van der Waals surface area contributed by atoms with Crippen LogP contribution in [0.25, 0.3) is 11.0 Å². The molecule has 17 heteroatoms. The van der Waals surface area contributed by atoms with Crippen molar-refractivity contribution in [1.29, 1.82) is 0 Å². The minimum atomic E-state index is -4.56. The molecule has 0 radical (unpaired) electrons. The van der Waals surface area contributed by atoms with Gasteiger partial charge in [-0.25, -0.2) is 30.5 Å². The lowest BCUT2D eigenvalue weighted by Gasteiger charge is -2.14. The Morgan fingerprint density at radius 3 is 2.30 bits per heavy atom. The molecule has 2 aromatic heterocycles. The van der Waals surface area contributed by atoms with E-state index in [1.165, 1.54) is 56.7 Å². The second-order valence-corrected chi connectivity index (χ2v) is 12.8. The molecule has 44 heavy (non-hydrogen) atoms. The Hall–Kier alpha value is -4.74. The molecule has 0 spiro atoms. The quantitative estimate of drug-likeness (QED) is 0.185. The van der Waals surface area contributed by atoms with Crippen molar-refractivity contribution >= 4 is 42.9 Å². The van der Waals surface area contributed by atoms with E-state index in [0.717, 1.165) is 5.56 Å². The lowest BCUT2D eigenvalue weighted by Crippen LogP contribution is -2.36. The molecule has 0 aliphatic rings. The van der Waals surface area contributed by atoms with Crippen LogP contribution in [0.15, 0.2) is 58.7 Å². The number of pyridine rings is 1. The Bertz CT molecular complexity index is 1940. The summed E-state index contributed by atoms with van der Waals surface area (Å²) in [5, 5.41) is 1.48. The average molecular weight is 647 g/mol. The van der Waals surface area contributed by atoms with Crippen molar-refractivity contribution in [2.45, 2.75) is 30.4 Å². The largest absolute Gasteiger partial charge is 0.497 e. The molecule has 0 unspecified atom stereocenters. The van der Waals surface area contributed by atoms with Crippen molar-refractivity contribution in [2.75, 3.05) is 27.4 Å². The van der Waals surface area contributed by atoms with Crippen LogP contribution in [0, 0.1) is 13.8 Å². The molecule has 234 valence electrons. The highest BCUT2D eigenvalue weighted by molar-refractivity contribution is 7.92. The summed E-state index contributed by atoms with van der Waals surface area (Å²) in [6, 6.07) is 9.25. The maximum Gasteiger partial charge on any atom is 0.275 e. The van der Waals surface area contributed by atoms with E-state index in [-0.39, 0.29) is 34.8 Å². The third-order valence-corrected chi connectivity index (χ3v) is 9.52. The Kier molecular flexibility index (Phi) is 9.41. The number of imidazole rings is 1. The molecule has 2 aromatic carbocycles. The number of hydrogen-bond acceptors (Lipinski definition) is 11. The van der Waals surface area contributed by atoms with Gasteiger partial charge in [-0.05, 0) is 50.2 Å². The van der Waals surface area contributed by atoms with Crippen LogP contribution in [0.3, 0.4) is 0 Å². The Morgan fingerprint density at radius 1 is 0.977 bits per heavy atom. The number of ether oxygens (including phenoxy) is 3. The van der Waals surface area contributed by atoms with Crippen LogP contribution < -0.4 is 30.0 Å². The van der Waals surface area contributed by atoms with Gasteiger partial charge in [0.2, 0.25) is 5.91 Å². The van der Waals surface area contributed by atoms with Crippen molar-refractivity contribution in [3.05, 3.63) is 65.5 Å². The number of hydrogen-bond donors (Lipinski definition) is 3. The highest BCUT2D eigenvalue weighted by Crippen LogP contribution is 2.30. The third kappa shape index (κ3) is 6.74. The molecule has 4 aromatic rings. The number of methoxy groups -OCH3 is 2. The fraction of sp³-hybridized carbons (Fsp3) is 0.259. The van der Waals surface area contributed by atoms with Crippen molar-refractivity contribution in [2.24, 2.45) is 5.73 Å². The van der Waals surface area contributed by atoms with Crippen LogP contribution in [0.5, 0.6) is 17.2 Å². The number of aromatic nitrogens is 3. The van der Waals surface area contributed by atoms with E-state index in [4.69, 9.17) is 19.9 Å². The maximum atomic E-state index is 13.9. The first-order valence-corrected chi connectivity index (χ1v) is 15.8. The summed E-state index contributed by atoms with van der Waals surface area (Å²) in [6.07, 6.45) is 1.54. The van der Waals surface area contributed by atoms with Crippen LogP contribution in [0.1, 0.15) is 16.8 Å². The van der Waals surface area contributed by atoms with Gasteiger partial charge in [-0.3, -0.25) is 14.6 Å². The normalized spacial score (nSPS) is 11.7. The average Bonchev–Trinajstić information content (AvgIpc) is 3.40. The number of aryl methyl sites for hydroxylation is 1. The van der Waals surface area contributed by atoms with Gasteiger partial charge in [-0.15, -0.1) is 0 Å². The van der Waals surface area contributed by atoms with E-state index in [9.17, 15) is 26.4 Å². The lowest BCUT2D eigenvalue weighted by atomic mass is 10.1. The Labute approximate surface area is 253 Å². The van der Waals surface area contributed by atoms with Gasteiger partial charge in [-0.2, -0.15) is 0 Å². The molecule has 2 amide bonds. The summed E-state index contributed by atoms with van der Waals surface area (Å²) < 4.78 is 74.1. The molecule has 0 aliphatic heterocycles. The van der Waals surface area contributed by atoms with Gasteiger partial charge in [-0.1, -0.05) is 0 Å². The number of carbonyl (C=O) groups is 2. The number of benzene rings is 2. The minimum absolute atomic E-state index is 0.0102. The van der Waals surface area contributed by atoms with Crippen LogP contribution in [-0.4, -0.2) is 70.0 Å². The molecule has 0 saturated heterocycles. The number of amides is 2. The summed E-state index contributed by atoms with van der Waals surface area (Å²) >= 11 is 0. The second kappa shape index (κ2) is 12.9. The van der Waals surface area contributed by atoms with E-state index in [1.54, 1.807) is 20.0 Å². The zero-order valence-corrected chi connectivity index (χ0v) is 25.8. The Balaban J connectivity index is 1.69. The first-order chi connectivity index (χ1) is 20.8. The van der Waals surface area contributed by atoms with E-state index < -0.39 is 43.6 Å². The number of nitrogens with one attached hydrogen (secondary N) is 2. The van der Waals surface area contributed by atoms with Crippen molar-refractivity contribution < 1.29 is 40.6 Å². The van der Waals surface area contributed by atoms with E-state index >= 15 is 0 Å². The zero-order valence-electron chi connectivity index (χ0n) is 24.1. The third-order valence-electron chi connectivity index (χ3n) is 6.40. The highest BCUT2D eigenvalue weighted by atomic mass is 32.2. The molecule has 15 nitrogen and oxygen atoms in total. The summed E-state index contributed by atoms with van der Waals surface area (Å²) in [5.41, 5.74) is 6.79. The van der Waals surface area contributed by atoms with E-state index in [2.05, 4.69) is 20.0 Å². The predicted octanol–water partition coefficient (Wildman–Crippen LogP) is 0.761. The first kappa shape index (κ1) is 32.2. The fourth-order valence-corrected chi connectivity index (χ4v) is 7.15. The monoisotopic (exact) mass is 646 g/mol. The molecule has 4 N–H and O–H groups in total. The number of fused-ring (bicyclic) bond motifs is 1. The fourth-order valence-electron chi connectivity index (χ4n) is 4.22. The topological polar surface area (TPSA) is 211 Å². The molecule has 0 aliphatic carbocycles. The molecule has 0 saturated carbocycles. The molecule has 4 rings (SSSR count). The minimum Gasteiger partial charge on any atom is -0.497 e. The summed E-state index contributed by atoms with van der Waals surface area (Å²) in [6.45, 7) is 2.45.